The molecule has 0 bridgehead atoms. The first kappa shape index (κ1) is 11.9. The van der Waals surface area contributed by atoms with Crippen LogP contribution in [-0.2, 0) is 0 Å². The predicted octanol–water partition coefficient (Wildman–Crippen LogP) is 0.365. The van der Waals surface area contributed by atoms with E-state index in [-0.39, 0.29) is 0 Å². The van der Waals surface area contributed by atoms with Gasteiger partial charge in [-0.05, 0) is 18.9 Å². The molecule has 1 radical (unpaired) electrons. The quantitative estimate of drug-likeness (QED) is 0.756. The Labute approximate surface area is 108 Å². The Morgan fingerprint density at radius 2 is 1.61 bits per heavy atom. The molecule has 0 spiro atoms. The van der Waals surface area contributed by atoms with E-state index in [1.807, 2.05) is 18.5 Å². The molecule has 0 aromatic carbocycles. The number of hydrogen-bond acceptors (Lipinski definition) is 4. The number of piperidine rings is 1. The number of anilines is 1. The minimum Gasteiger partial charge on any atom is -0.338 e. The van der Waals surface area contributed by atoms with Gasteiger partial charge in [-0.2, -0.15) is 0 Å². The molecule has 3 rings (SSSR count). The highest BCUT2D eigenvalue weighted by atomic mass is 15.3. The van der Waals surface area contributed by atoms with Crippen molar-refractivity contribution in [2.24, 2.45) is 0 Å². The lowest BCUT2D eigenvalue weighted by Gasteiger charge is -2.40. The smallest absolute Gasteiger partial charge is 0.225 e. The summed E-state index contributed by atoms with van der Waals surface area (Å²) in [7, 11) is 0. The lowest BCUT2D eigenvalue weighted by Crippen LogP contribution is -2.52. The fourth-order valence-electron chi connectivity index (χ4n) is 2.84. The second-order valence-electron chi connectivity index (χ2n) is 4.97. The number of piperazine rings is 1. The van der Waals surface area contributed by atoms with Gasteiger partial charge in [-0.1, -0.05) is 0 Å². The first-order chi connectivity index (χ1) is 8.93. The zero-order valence-electron chi connectivity index (χ0n) is 10.7. The van der Waals surface area contributed by atoms with Gasteiger partial charge in [0.1, 0.15) is 0 Å². The molecule has 0 saturated carbocycles. The molecule has 0 unspecified atom stereocenters. The highest BCUT2D eigenvalue weighted by molar-refractivity contribution is 5.29. The standard InChI is InChI=1S/C13H20N5/c1-4-15-13(16-5-1)18-10-8-17(9-11-18)12-2-6-14-7-3-12/h1,4-5,12H,2-3,6-11H2. The monoisotopic (exact) mass is 246 g/mol. The maximum Gasteiger partial charge on any atom is 0.225 e. The van der Waals surface area contributed by atoms with Crippen LogP contribution in [0.25, 0.3) is 0 Å². The molecule has 0 atom stereocenters. The maximum absolute atomic E-state index is 4.43. The van der Waals surface area contributed by atoms with Crippen molar-refractivity contribution in [1.82, 2.24) is 20.2 Å². The minimum atomic E-state index is 0.751. The Morgan fingerprint density at radius 3 is 2.28 bits per heavy atom. The van der Waals surface area contributed by atoms with Gasteiger partial charge in [-0.3, -0.25) is 4.90 Å². The topological polar surface area (TPSA) is 46.4 Å². The average molecular weight is 246 g/mol. The molecular weight excluding hydrogens is 226 g/mol. The van der Waals surface area contributed by atoms with E-state index in [0.717, 1.165) is 51.3 Å². The Kier molecular flexibility index (Phi) is 3.71. The van der Waals surface area contributed by atoms with Crippen LogP contribution < -0.4 is 10.2 Å². The third-order valence-corrected chi connectivity index (χ3v) is 3.91. The van der Waals surface area contributed by atoms with Crippen molar-refractivity contribution in [2.45, 2.75) is 18.9 Å². The van der Waals surface area contributed by atoms with Crippen LogP contribution in [0.5, 0.6) is 0 Å². The van der Waals surface area contributed by atoms with Crippen molar-refractivity contribution >= 4 is 5.95 Å². The summed E-state index contributed by atoms with van der Waals surface area (Å²) in [5.41, 5.74) is 0. The van der Waals surface area contributed by atoms with Gasteiger partial charge in [0.05, 0.1) is 0 Å². The van der Waals surface area contributed by atoms with Gasteiger partial charge in [0.25, 0.3) is 0 Å². The van der Waals surface area contributed by atoms with E-state index in [4.69, 9.17) is 0 Å². The van der Waals surface area contributed by atoms with Crippen molar-refractivity contribution in [2.75, 3.05) is 44.2 Å². The summed E-state index contributed by atoms with van der Waals surface area (Å²) in [5.74, 6) is 0.871. The second-order valence-corrected chi connectivity index (χ2v) is 4.97. The van der Waals surface area contributed by atoms with Crippen molar-refractivity contribution in [1.29, 1.82) is 0 Å². The van der Waals surface area contributed by atoms with Gasteiger partial charge in [-0.15, -0.1) is 0 Å². The van der Waals surface area contributed by atoms with E-state index < -0.39 is 0 Å². The molecule has 2 saturated heterocycles. The number of hydrogen-bond donors (Lipinski definition) is 0. The average Bonchev–Trinajstić information content (AvgIpc) is 2.49. The summed E-state index contributed by atoms with van der Waals surface area (Å²) in [6.45, 7) is 6.43. The number of aromatic nitrogens is 2. The molecule has 2 fully saturated rings. The molecule has 2 aliphatic heterocycles. The summed E-state index contributed by atoms with van der Waals surface area (Å²) in [6, 6.07) is 2.62. The third kappa shape index (κ3) is 2.62. The minimum absolute atomic E-state index is 0.751. The van der Waals surface area contributed by atoms with E-state index in [2.05, 4.69) is 25.1 Å². The van der Waals surface area contributed by atoms with Gasteiger partial charge >= 0.3 is 0 Å². The molecule has 18 heavy (non-hydrogen) atoms. The largest absolute Gasteiger partial charge is 0.338 e. The molecule has 5 heteroatoms. The van der Waals surface area contributed by atoms with Gasteiger partial charge < -0.3 is 4.90 Å². The second kappa shape index (κ2) is 5.63. The summed E-state index contributed by atoms with van der Waals surface area (Å²) in [5, 5.41) is 4.43. The van der Waals surface area contributed by atoms with Crippen LogP contribution in [0.15, 0.2) is 18.5 Å². The molecular formula is C13H20N5. The zero-order chi connectivity index (χ0) is 12.2. The summed E-state index contributed by atoms with van der Waals surface area (Å²) in [4.78, 5) is 13.5. The molecule has 97 valence electrons. The maximum atomic E-state index is 4.43. The molecule has 1 aromatic heterocycles. The molecule has 3 heterocycles. The van der Waals surface area contributed by atoms with E-state index >= 15 is 0 Å². The van der Waals surface area contributed by atoms with Gasteiger partial charge in [0.2, 0.25) is 5.95 Å². The SMILES string of the molecule is c1cnc(N2CCN(C3CC[N]CC3)CC2)nc1. The lowest BCUT2D eigenvalue weighted by atomic mass is 10.0. The first-order valence-electron chi connectivity index (χ1n) is 6.83. The van der Waals surface area contributed by atoms with Crippen LogP contribution in [0.1, 0.15) is 12.8 Å². The van der Waals surface area contributed by atoms with Crippen LogP contribution in [0.4, 0.5) is 5.95 Å². The molecule has 0 N–H and O–H groups in total. The predicted molar refractivity (Wildman–Crippen MR) is 70.7 cm³/mol. The Balaban J connectivity index is 1.54. The van der Waals surface area contributed by atoms with Crippen molar-refractivity contribution in [3.63, 3.8) is 0 Å². The molecule has 2 aliphatic rings. The summed E-state index contributed by atoms with van der Waals surface area (Å²) in [6.07, 6.45) is 6.11. The Hall–Kier alpha value is -1.20. The fraction of sp³-hybridized carbons (Fsp3) is 0.692. The van der Waals surface area contributed by atoms with Crippen LogP contribution in [0.3, 0.4) is 0 Å². The van der Waals surface area contributed by atoms with Crippen molar-refractivity contribution in [3.8, 4) is 0 Å². The van der Waals surface area contributed by atoms with Gasteiger partial charge in [-0.25, -0.2) is 15.3 Å². The lowest BCUT2D eigenvalue weighted by molar-refractivity contribution is 0.152. The number of nitrogens with zero attached hydrogens (tertiary/aromatic N) is 5. The van der Waals surface area contributed by atoms with Gasteiger partial charge in [0, 0.05) is 57.7 Å². The Bertz CT molecular complexity index is 355. The third-order valence-electron chi connectivity index (χ3n) is 3.91. The van der Waals surface area contributed by atoms with Crippen molar-refractivity contribution < 1.29 is 0 Å². The van der Waals surface area contributed by atoms with Gasteiger partial charge in [0.15, 0.2) is 0 Å². The van der Waals surface area contributed by atoms with E-state index in [1.165, 1.54) is 12.8 Å². The van der Waals surface area contributed by atoms with Crippen LogP contribution >= 0.6 is 0 Å². The van der Waals surface area contributed by atoms with E-state index in [9.17, 15) is 0 Å². The molecule has 0 amide bonds. The van der Waals surface area contributed by atoms with E-state index in [1.54, 1.807) is 0 Å². The Morgan fingerprint density at radius 1 is 0.944 bits per heavy atom. The fourth-order valence-corrected chi connectivity index (χ4v) is 2.84. The number of rotatable bonds is 2. The molecule has 5 nitrogen and oxygen atoms in total. The molecule has 0 aliphatic carbocycles. The zero-order valence-corrected chi connectivity index (χ0v) is 10.7. The summed E-state index contributed by atoms with van der Waals surface area (Å²) < 4.78 is 0. The normalized spacial score (nSPS) is 23.2. The molecule has 1 aromatic rings. The van der Waals surface area contributed by atoms with Crippen LogP contribution in [-0.4, -0.2) is 60.2 Å². The highest BCUT2D eigenvalue weighted by Crippen LogP contribution is 2.16. The van der Waals surface area contributed by atoms with Crippen molar-refractivity contribution in [3.05, 3.63) is 18.5 Å². The van der Waals surface area contributed by atoms with E-state index in [0.29, 0.717) is 0 Å². The highest BCUT2D eigenvalue weighted by Gasteiger charge is 2.25. The summed E-state index contributed by atoms with van der Waals surface area (Å²) >= 11 is 0. The van der Waals surface area contributed by atoms with Crippen LogP contribution in [0, 0.1) is 0 Å². The first-order valence-corrected chi connectivity index (χ1v) is 6.83. The van der Waals surface area contributed by atoms with Crippen LogP contribution in [0.2, 0.25) is 0 Å².